The van der Waals surface area contributed by atoms with Crippen LogP contribution in [0.1, 0.15) is 19.4 Å². The predicted octanol–water partition coefficient (Wildman–Crippen LogP) is 0.876. The molecule has 0 aromatic heterocycles. The number of nitrogens with zero attached hydrogens (tertiary/aromatic N) is 3. The van der Waals surface area contributed by atoms with E-state index in [-0.39, 0.29) is 12.2 Å². The van der Waals surface area contributed by atoms with Gasteiger partial charge in [0.25, 0.3) is 0 Å². The number of aliphatic hydroxyl groups is 2. The number of ether oxygens (including phenoxy) is 1. The lowest BCUT2D eigenvalue weighted by Crippen LogP contribution is -2.41. The molecule has 2 N–H and O–H groups in total. The fourth-order valence-corrected chi connectivity index (χ4v) is 3.44. The Bertz CT molecular complexity index is 486. The highest BCUT2D eigenvalue weighted by molar-refractivity contribution is 5.27. The van der Waals surface area contributed by atoms with Gasteiger partial charge in [-0.25, -0.2) is 0 Å². The summed E-state index contributed by atoms with van der Waals surface area (Å²) in [6, 6.07) is 8.25. The van der Waals surface area contributed by atoms with E-state index in [0.717, 1.165) is 51.6 Å². The molecule has 0 unspecified atom stereocenters. The van der Waals surface area contributed by atoms with Gasteiger partial charge in [-0.3, -0.25) is 14.7 Å². The zero-order chi connectivity index (χ0) is 18.9. The maximum absolute atomic E-state index is 9.78. The summed E-state index contributed by atoms with van der Waals surface area (Å²) in [6.07, 6.45) is -0.646. The van der Waals surface area contributed by atoms with E-state index in [9.17, 15) is 10.2 Å². The molecule has 0 spiro atoms. The SMILES string of the molecule is COc1ccc(CN2CCN(C[C@H](C)O)CCN(C[C@H](C)O)CC2)cc1. The molecule has 6 nitrogen and oxygen atoms in total. The monoisotopic (exact) mass is 365 g/mol. The molecule has 26 heavy (non-hydrogen) atoms. The van der Waals surface area contributed by atoms with E-state index in [4.69, 9.17) is 4.74 Å². The first-order valence-corrected chi connectivity index (χ1v) is 9.62. The van der Waals surface area contributed by atoms with Crippen LogP contribution in [0.25, 0.3) is 0 Å². The molecule has 2 atom stereocenters. The van der Waals surface area contributed by atoms with E-state index in [1.165, 1.54) is 5.56 Å². The molecule has 0 amide bonds. The summed E-state index contributed by atoms with van der Waals surface area (Å²) in [7, 11) is 1.68. The molecule has 1 aromatic rings. The molecule has 1 fully saturated rings. The van der Waals surface area contributed by atoms with Gasteiger partial charge in [-0.1, -0.05) is 12.1 Å². The average Bonchev–Trinajstić information content (AvgIpc) is 2.68. The fraction of sp³-hybridized carbons (Fsp3) is 0.700. The van der Waals surface area contributed by atoms with Crippen LogP contribution in [-0.2, 0) is 6.54 Å². The van der Waals surface area contributed by atoms with Gasteiger partial charge in [0.1, 0.15) is 5.75 Å². The summed E-state index contributed by atoms with van der Waals surface area (Å²) in [5, 5.41) is 19.6. The minimum absolute atomic E-state index is 0.323. The number of hydrogen-bond donors (Lipinski definition) is 2. The lowest BCUT2D eigenvalue weighted by molar-refractivity contribution is 0.102. The first kappa shape index (κ1) is 21.1. The first-order chi connectivity index (χ1) is 12.5. The van der Waals surface area contributed by atoms with Crippen LogP contribution in [0.5, 0.6) is 5.75 Å². The van der Waals surface area contributed by atoms with Crippen LogP contribution in [0, 0.1) is 0 Å². The van der Waals surface area contributed by atoms with Crippen molar-refractivity contribution in [2.75, 3.05) is 59.5 Å². The van der Waals surface area contributed by atoms with Crippen LogP contribution in [0.4, 0.5) is 0 Å². The lowest BCUT2D eigenvalue weighted by atomic mass is 10.2. The van der Waals surface area contributed by atoms with Crippen LogP contribution in [0.2, 0.25) is 0 Å². The number of β-amino-alcohol motifs (C(OH)–C–C–N with tert-alkyl or cyclic N) is 2. The van der Waals surface area contributed by atoms with Crippen molar-refractivity contribution in [1.29, 1.82) is 0 Å². The predicted molar refractivity (Wildman–Crippen MR) is 105 cm³/mol. The molecule has 0 aliphatic carbocycles. The molecular weight excluding hydrogens is 330 g/mol. The number of methoxy groups -OCH3 is 1. The average molecular weight is 366 g/mol. The van der Waals surface area contributed by atoms with Crippen molar-refractivity contribution in [3.8, 4) is 5.75 Å². The van der Waals surface area contributed by atoms with E-state index in [0.29, 0.717) is 13.1 Å². The second-order valence-corrected chi connectivity index (χ2v) is 7.42. The van der Waals surface area contributed by atoms with Crippen LogP contribution >= 0.6 is 0 Å². The molecule has 0 radical (unpaired) electrons. The second-order valence-electron chi connectivity index (χ2n) is 7.42. The number of benzene rings is 1. The molecule has 1 aromatic carbocycles. The Morgan fingerprint density at radius 3 is 1.62 bits per heavy atom. The molecule has 0 bridgehead atoms. The Labute approximate surface area is 158 Å². The molecule has 6 heteroatoms. The fourth-order valence-electron chi connectivity index (χ4n) is 3.44. The normalized spacial score (nSPS) is 20.8. The topological polar surface area (TPSA) is 59.4 Å². The van der Waals surface area contributed by atoms with Gasteiger partial charge in [-0.05, 0) is 31.5 Å². The van der Waals surface area contributed by atoms with E-state index in [2.05, 4.69) is 26.8 Å². The maximum atomic E-state index is 9.78. The van der Waals surface area contributed by atoms with Crippen molar-refractivity contribution in [2.45, 2.75) is 32.6 Å². The zero-order valence-corrected chi connectivity index (χ0v) is 16.5. The Hall–Kier alpha value is -1.18. The van der Waals surface area contributed by atoms with Crippen molar-refractivity contribution >= 4 is 0 Å². The Balaban J connectivity index is 2.01. The zero-order valence-electron chi connectivity index (χ0n) is 16.5. The number of aliphatic hydroxyl groups excluding tert-OH is 2. The highest BCUT2D eigenvalue weighted by Gasteiger charge is 2.18. The van der Waals surface area contributed by atoms with Gasteiger partial charge in [-0.2, -0.15) is 0 Å². The molecule has 1 aliphatic heterocycles. The highest BCUT2D eigenvalue weighted by atomic mass is 16.5. The number of hydrogen-bond acceptors (Lipinski definition) is 6. The third-order valence-corrected chi connectivity index (χ3v) is 4.81. The van der Waals surface area contributed by atoms with Crippen molar-refractivity contribution in [3.05, 3.63) is 29.8 Å². The summed E-state index contributed by atoms with van der Waals surface area (Å²) in [6.45, 7) is 11.7. The number of rotatable bonds is 7. The van der Waals surface area contributed by atoms with Crippen molar-refractivity contribution in [1.82, 2.24) is 14.7 Å². The van der Waals surface area contributed by atoms with Crippen molar-refractivity contribution in [2.24, 2.45) is 0 Å². The Morgan fingerprint density at radius 1 is 0.808 bits per heavy atom. The third-order valence-electron chi connectivity index (χ3n) is 4.81. The van der Waals surface area contributed by atoms with E-state index in [1.54, 1.807) is 7.11 Å². The molecule has 2 rings (SSSR count). The van der Waals surface area contributed by atoms with E-state index in [1.807, 2.05) is 26.0 Å². The van der Waals surface area contributed by atoms with Crippen LogP contribution in [0.15, 0.2) is 24.3 Å². The third kappa shape index (κ3) is 7.60. The summed E-state index contributed by atoms with van der Waals surface area (Å²) in [5.74, 6) is 0.879. The summed E-state index contributed by atoms with van der Waals surface area (Å²) >= 11 is 0. The maximum Gasteiger partial charge on any atom is 0.118 e. The summed E-state index contributed by atoms with van der Waals surface area (Å²) in [5.41, 5.74) is 1.27. The quantitative estimate of drug-likeness (QED) is 0.748. The molecular formula is C20H35N3O3. The van der Waals surface area contributed by atoms with E-state index >= 15 is 0 Å². The standard InChI is InChI=1S/C20H35N3O3/c1-17(24)14-21-8-9-22(15-18(2)25)11-13-23(12-10-21)16-19-4-6-20(26-3)7-5-19/h4-7,17-18,24-25H,8-16H2,1-3H3/t17-,18-/m0/s1. The first-order valence-electron chi connectivity index (χ1n) is 9.62. The molecule has 1 heterocycles. The highest BCUT2D eigenvalue weighted by Crippen LogP contribution is 2.13. The van der Waals surface area contributed by atoms with Gasteiger partial charge >= 0.3 is 0 Å². The molecule has 1 aliphatic rings. The van der Waals surface area contributed by atoms with Gasteiger partial charge in [0, 0.05) is 58.9 Å². The summed E-state index contributed by atoms with van der Waals surface area (Å²) < 4.78 is 5.24. The Morgan fingerprint density at radius 2 is 1.23 bits per heavy atom. The molecule has 0 saturated carbocycles. The van der Waals surface area contributed by atoms with Crippen molar-refractivity contribution < 1.29 is 14.9 Å². The van der Waals surface area contributed by atoms with Crippen LogP contribution < -0.4 is 4.74 Å². The molecule has 148 valence electrons. The lowest BCUT2D eigenvalue weighted by Gasteiger charge is -2.27. The van der Waals surface area contributed by atoms with Crippen LogP contribution in [-0.4, -0.2) is 96.6 Å². The van der Waals surface area contributed by atoms with Crippen molar-refractivity contribution in [3.63, 3.8) is 0 Å². The van der Waals surface area contributed by atoms with Gasteiger partial charge < -0.3 is 14.9 Å². The van der Waals surface area contributed by atoms with E-state index < -0.39 is 0 Å². The smallest absolute Gasteiger partial charge is 0.118 e. The van der Waals surface area contributed by atoms with Gasteiger partial charge in [-0.15, -0.1) is 0 Å². The second kappa shape index (κ2) is 10.8. The van der Waals surface area contributed by atoms with Gasteiger partial charge in [0.2, 0.25) is 0 Å². The minimum atomic E-state index is -0.323. The largest absolute Gasteiger partial charge is 0.497 e. The van der Waals surface area contributed by atoms with Gasteiger partial charge in [0.05, 0.1) is 19.3 Å². The minimum Gasteiger partial charge on any atom is -0.497 e. The Kier molecular flexibility index (Phi) is 8.81. The summed E-state index contributed by atoms with van der Waals surface area (Å²) in [4.78, 5) is 7.11. The molecule has 1 saturated heterocycles. The van der Waals surface area contributed by atoms with Crippen LogP contribution in [0.3, 0.4) is 0 Å². The van der Waals surface area contributed by atoms with Gasteiger partial charge in [0.15, 0.2) is 0 Å².